The second-order valence-corrected chi connectivity index (χ2v) is 5.80. The Labute approximate surface area is 109 Å². The Morgan fingerprint density at radius 2 is 2.06 bits per heavy atom. The van der Waals surface area contributed by atoms with Crippen LogP contribution in [-0.2, 0) is 4.79 Å². The zero-order chi connectivity index (χ0) is 13.9. The molecule has 1 heterocycles. The number of carboxylic acids is 1. The van der Waals surface area contributed by atoms with Crippen LogP contribution in [0.5, 0.6) is 0 Å². The van der Waals surface area contributed by atoms with E-state index in [1.54, 1.807) is 6.92 Å². The third kappa shape index (κ3) is 3.99. The van der Waals surface area contributed by atoms with E-state index in [0.717, 1.165) is 11.3 Å². The van der Waals surface area contributed by atoms with Crippen LogP contribution in [0.4, 0.5) is 5.00 Å². The van der Waals surface area contributed by atoms with Gasteiger partial charge in [0.2, 0.25) is 5.91 Å². The molecule has 0 bridgehead atoms. The highest BCUT2D eigenvalue weighted by Gasteiger charge is 2.22. The standard InChI is InChI=1S/C11H17N3O3S/c1-6(8(15)14-11(2,3)4)13-9-7(10(16)17)12-5-18-9/h5-6,13H,1-4H3,(H,14,15)(H,16,17). The number of aromatic carboxylic acids is 1. The number of nitrogens with zero attached hydrogens (tertiary/aromatic N) is 1. The number of hydrogen-bond acceptors (Lipinski definition) is 5. The number of hydrogen-bond donors (Lipinski definition) is 3. The van der Waals surface area contributed by atoms with Crippen molar-refractivity contribution >= 4 is 28.2 Å². The van der Waals surface area contributed by atoms with Gasteiger partial charge in [-0.1, -0.05) is 0 Å². The minimum absolute atomic E-state index is 0.0598. The normalized spacial score (nSPS) is 12.9. The molecule has 3 N–H and O–H groups in total. The molecule has 18 heavy (non-hydrogen) atoms. The predicted molar refractivity (Wildman–Crippen MR) is 70.1 cm³/mol. The molecule has 0 spiro atoms. The van der Waals surface area contributed by atoms with E-state index in [2.05, 4.69) is 15.6 Å². The highest BCUT2D eigenvalue weighted by Crippen LogP contribution is 2.21. The van der Waals surface area contributed by atoms with Crippen molar-refractivity contribution < 1.29 is 14.7 Å². The average molecular weight is 271 g/mol. The Balaban J connectivity index is 2.70. The third-order valence-corrected chi connectivity index (χ3v) is 2.77. The van der Waals surface area contributed by atoms with Gasteiger partial charge < -0.3 is 15.7 Å². The molecule has 0 radical (unpaired) electrons. The number of anilines is 1. The summed E-state index contributed by atoms with van der Waals surface area (Å²) in [6.07, 6.45) is 0. The molecule has 1 amide bonds. The Bertz CT molecular complexity index is 451. The number of carbonyl (C=O) groups excluding carboxylic acids is 1. The van der Waals surface area contributed by atoms with Gasteiger partial charge in [-0.15, -0.1) is 11.3 Å². The number of rotatable bonds is 4. The molecule has 1 unspecified atom stereocenters. The molecule has 0 aliphatic carbocycles. The molecule has 0 saturated carbocycles. The van der Waals surface area contributed by atoms with Gasteiger partial charge in [-0.3, -0.25) is 4.79 Å². The monoisotopic (exact) mass is 271 g/mol. The Kier molecular flexibility index (Phi) is 4.28. The van der Waals surface area contributed by atoms with Crippen LogP contribution >= 0.6 is 11.3 Å². The first-order chi connectivity index (χ1) is 8.20. The van der Waals surface area contributed by atoms with Crippen molar-refractivity contribution in [1.82, 2.24) is 10.3 Å². The maximum atomic E-state index is 11.8. The van der Waals surface area contributed by atoms with Crippen LogP contribution in [-0.4, -0.2) is 33.5 Å². The fourth-order valence-electron chi connectivity index (χ4n) is 1.24. The van der Waals surface area contributed by atoms with E-state index in [1.165, 1.54) is 5.51 Å². The van der Waals surface area contributed by atoms with Gasteiger partial charge in [-0.05, 0) is 27.7 Å². The summed E-state index contributed by atoms with van der Waals surface area (Å²) in [6, 6.07) is -0.525. The van der Waals surface area contributed by atoms with Crippen molar-refractivity contribution in [3.63, 3.8) is 0 Å². The zero-order valence-corrected chi connectivity index (χ0v) is 11.6. The van der Waals surface area contributed by atoms with E-state index >= 15 is 0 Å². The molecule has 1 atom stereocenters. The molecule has 1 aromatic rings. The van der Waals surface area contributed by atoms with Crippen molar-refractivity contribution in [2.24, 2.45) is 0 Å². The largest absolute Gasteiger partial charge is 0.476 e. The first-order valence-electron chi connectivity index (χ1n) is 5.46. The summed E-state index contributed by atoms with van der Waals surface area (Å²) in [5, 5.41) is 15.0. The van der Waals surface area contributed by atoms with Gasteiger partial charge in [0.05, 0.1) is 5.51 Å². The lowest BCUT2D eigenvalue weighted by Gasteiger charge is -2.23. The fourth-order valence-corrected chi connectivity index (χ4v) is 2.00. The molecule has 0 aliphatic rings. The third-order valence-electron chi connectivity index (χ3n) is 2.01. The lowest BCUT2D eigenvalue weighted by Crippen LogP contribution is -2.47. The molecule has 0 fully saturated rings. The molecule has 1 aromatic heterocycles. The molecular weight excluding hydrogens is 254 g/mol. The average Bonchev–Trinajstić information content (AvgIpc) is 2.62. The summed E-state index contributed by atoms with van der Waals surface area (Å²) < 4.78 is 0. The van der Waals surface area contributed by atoms with Crippen LogP contribution in [0.2, 0.25) is 0 Å². The van der Waals surface area contributed by atoms with E-state index in [0.29, 0.717) is 5.00 Å². The fraction of sp³-hybridized carbons (Fsp3) is 0.545. The quantitative estimate of drug-likeness (QED) is 0.773. The van der Waals surface area contributed by atoms with E-state index in [1.807, 2.05) is 20.8 Å². The van der Waals surface area contributed by atoms with Crippen LogP contribution in [0, 0.1) is 0 Å². The van der Waals surface area contributed by atoms with Gasteiger partial charge in [-0.25, -0.2) is 9.78 Å². The lowest BCUT2D eigenvalue weighted by atomic mass is 10.1. The number of carboxylic acid groups (broad SMARTS) is 1. The zero-order valence-electron chi connectivity index (χ0n) is 10.8. The van der Waals surface area contributed by atoms with Crippen molar-refractivity contribution in [3.8, 4) is 0 Å². The topological polar surface area (TPSA) is 91.3 Å². The molecule has 7 heteroatoms. The van der Waals surface area contributed by atoms with Gasteiger partial charge >= 0.3 is 5.97 Å². The molecule has 1 rings (SSSR count). The molecule has 0 saturated heterocycles. The summed E-state index contributed by atoms with van der Waals surface area (Å²) in [7, 11) is 0. The van der Waals surface area contributed by atoms with Gasteiger partial charge in [0.1, 0.15) is 11.0 Å². The number of aromatic nitrogens is 1. The minimum atomic E-state index is -1.11. The van der Waals surface area contributed by atoms with E-state index in [-0.39, 0.29) is 17.1 Å². The van der Waals surface area contributed by atoms with E-state index in [4.69, 9.17) is 5.11 Å². The van der Waals surface area contributed by atoms with E-state index < -0.39 is 12.0 Å². The number of amides is 1. The maximum Gasteiger partial charge on any atom is 0.357 e. The first-order valence-corrected chi connectivity index (χ1v) is 6.34. The lowest BCUT2D eigenvalue weighted by molar-refractivity contribution is -0.122. The highest BCUT2D eigenvalue weighted by molar-refractivity contribution is 7.14. The maximum absolute atomic E-state index is 11.8. The SMILES string of the molecule is CC(Nc1scnc1C(=O)O)C(=O)NC(C)(C)C. The van der Waals surface area contributed by atoms with Gasteiger partial charge in [0.25, 0.3) is 0 Å². The van der Waals surface area contributed by atoms with Crippen LogP contribution in [0.3, 0.4) is 0 Å². The molecule has 0 aromatic carbocycles. The summed E-state index contributed by atoms with van der Waals surface area (Å²) in [5.74, 6) is -1.30. The first kappa shape index (κ1) is 14.4. The minimum Gasteiger partial charge on any atom is -0.476 e. The summed E-state index contributed by atoms with van der Waals surface area (Å²) in [5.41, 5.74) is 1.05. The second kappa shape index (κ2) is 5.34. The van der Waals surface area contributed by atoms with Gasteiger partial charge in [0.15, 0.2) is 5.69 Å². The van der Waals surface area contributed by atoms with Crippen molar-refractivity contribution in [2.45, 2.75) is 39.3 Å². The molecule has 0 aliphatic heterocycles. The smallest absolute Gasteiger partial charge is 0.357 e. The van der Waals surface area contributed by atoms with Crippen LogP contribution in [0.1, 0.15) is 38.2 Å². The van der Waals surface area contributed by atoms with E-state index in [9.17, 15) is 9.59 Å². The van der Waals surface area contributed by atoms with Gasteiger partial charge in [-0.2, -0.15) is 0 Å². The van der Waals surface area contributed by atoms with Crippen molar-refractivity contribution in [1.29, 1.82) is 0 Å². The Hall–Kier alpha value is -1.63. The number of carbonyl (C=O) groups is 2. The number of nitrogens with one attached hydrogen (secondary N) is 2. The van der Waals surface area contributed by atoms with Crippen LogP contribution in [0.25, 0.3) is 0 Å². The summed E-state index contributed by atoms with van der Waals surface area (Å²) in [4.78, 5) is 26.4. The van der Waals surface area contributed by atoms with Crippen molar-refractivity contribution in [2.75, 3.05) is 5.32 Å². The highest BCUT2D eigenvalue weighted by atomic mass is 32.1. The van der Waals surface area contributed by atoms with Gasteiger partial charge in [0, 0.05) is 5.54 Å². The second-order valence-electron chi connectivity index (χ2n) is 4.94. The van der Waals surface area contributed by atoms with Crippen molar-refractivity contribution in [3.05, 3.63) is 11.2 Å². The van der Waals surface area contributed by atoms with Crippen LogP contribution in [0.15, 0.2) is 5.51 Å². The molecule has 6 nitrogen and oxygen atoms in total. The van der Waals surface area contributed by atoms with Crippen LogP contribution < -0.4 is 10.6 Å². The Morgan fingerprint density at radius 3 is 2.56 bits per heavy atom. The summed E-state index contributed by atoms with van der Waals surface area (Å²) >= 11 is 1.16. The molecule has 100 valence electrons. The molecular formula is C11H17N3O3S. The predicted octanol–water partition coefficient (Wildman–Crippen LogP) is 1.56. The Morgan fingerprint density at radius 1 is 1.44 bits per heavy atom. The number of thiazole rings is 1. The summed E-state index contributed by atoms with van der Waals surface area (Å²) in [6.45, 7) is 7.32.